The van der Waals surface area contributed by atoms with E-state index < -0.39 is 18.0 Å². The minimum absolute atomic E-state index is 0.0787. The molecule has 1 N–H and O–H groups in total. The van der Waals surface area contributed by atoms with Crippen LogP contribution in [0.25, 0.3) is 11.0 Å². The fraction of sp³-hybridized carbons (Fsp3) is 0.273. The quantitative estimate of drug-likeness (QED) is 0.656. The van der Waals surface area contributed by atoms with Crippen LogP contribution in [-0.4, -0.2) is 25.1 Å². The highest BCUT2D eigenvalue weighted by Gasteiger charge is 2.25. The summed E-state index contributed by atoms with van der Waals surface area (Å²) < 4.78 is 16.2. The average molecular weight is 381 g/mol. The van der Waals surface area contributed by atoms with E-state index in [1.54, 1.807) is 32.2 Å². The van der Waals surface area contributed by atoms with Crippen molar-refractivity contribution in [3.8, 4) is 5.75 Å². The first-order valence-electron chi connectivity index (χ1n) is 8.97. The van der Waals surface area contributed by atoms with E-state index in [0.717, 1.165) is 22.2 Å². The molecule has 0 fully saturated rings. The van der Waals surface area contributed by atoms with Gasteiger partial charge in [-0.3, -0.25) is 4.79 Å². The molecule has 1 heterocycles. The van der Waals surface area contributed by atoms with Gasteiger partial charge in [-0.25, -0.2) is 4.79 Å². The van der Waals surface area contributed by atoms with E-state index in [9.17, 15) is 9.59 Å². The number of ether oxygens (including phenoxy) is 2. The van der Waals surface area contributed by atoms with Crippen LogP contribution in [0.4, 0.5) is 5.69 Å². The minimum atomic E-state index is -0.978. The number of fused-ring (bicyclic) bond motifs is 1. The molecule has 6 nitrogen and oxygen atoms in total. The maximum Gasteiger partial charge on any atom is 0.375 e. The van der Waals surface area contributed by atoms with E-state index in [0.29, 0.717) is 16.9 Å². The van der Waals surface area contributed by atoms with Crippen molar-refractivity contribution in [2.45, 2.75) is 33.8 Å². The van der Waals surface area contributed by atoms with Gasteiger partial charge in [-0.15, -0.1) is 0 Å². The van der Waals surface area contributed by atoms with Gasteiger partial charge in [0, 0.05) is 16.6 Å². The van der Waals surface area contributed by atoms with E-state index in [1.807, 2.05) is 32.0 Å². The molecular weight excluding hydrogens is 358 g/mol. The second-order valence-corrected chi connectivity index (χ2v) is 6.72. The van der Waals surface area contributed by atoms with Gasteiger partial charge in [-0.2, -0.15) is 0 Å². The lowest BCUT2D eigenvalue weighted by molar-refractivity contribution is -0.123. The lowest BCUT2D eigenvalue weighted by Crippen LogP contribution is -2.30. The van der Waals surface area contributed by atoms with Crippen LogP contribution in [0.2, 0.25) is 0 Å². The molecule has 1 aromatic heterocycles. The third-order valence-electron chi connectivity index (χ3n) is 4.71. The third kappa shape index (κ3) is 3.71. The molecule has 0 radical (unpaired) electrons. The first-order chi connectivity index (χ1) is 13.3. The molecule has 0 saturated heterocycles. The second-order valence-electron chi connectivity index (χ2n) is 6.72. The second kappa shape index (κ2) is 7.76. The van der Waals surface area contributed by atoms with Crippen molar-refractivity contribution in [2.24, 2.45) is 0 Å². The standard InChI is InChI=1S/C22H23NO5/c1-12-7-6-8-13(2)19(12)23-21(24)15(4)27-22(25)20-14(3)17-11-16(26-5)9-10-18(17)28-20/h6-11,15H,1-5H3,(H,23,24)/t15-/m0/s1. The summed E-state index contributed by atoms with van der Waals surface area (Å²) in [6, 6.07) is 11.0. The van der Waals surface area contributed by atoms with Crippen LogP contribution in [-0.2, 0) is 9.53 Å². The number of hydrogen-bond acceptors (Lipinski definition) is 5. The van der Waals surface area contributed by atoms with E-state index >= 15 is 0 Å². The van der Waals surface area contributed by atoms with E-state index in [4.69, 9.17) is 13.9 Å². The van der Waals surface area contributed by atoms with Crippen LogP contribution in [0, 0.1) is 20.8 Å². The van der Waals surface area contributed by atoms with Crippen molar-refractivity contribution in [1.82, 2.24) is 0 Å². The molecular formula is C22H23NO5. The summed E-state index contributed by atoms with van der Waals surface area (Å²) in [7, 11) is 1.57. The predicted octanol–water partition coefficient (Wildman–Crippen LogP) is 4.55. The zero-order chi connectivity index (χ0) is 20.4. The zero-order valence-corrected chi connectivity index (χ0v) is 16.6. The highest BCUT2D eigenvalue weighted by molar-refractivity contribution is 6.00. The van der Waals surface area contributed by atoms with Crippen LogP contribution < -0.4 is 10.1 Å². The van der Waals surface area contributed by atoms with Gasteiger partial charge in [0.2, 0.25) is 5.76 Å². The van der Waals surface area contributed by atoms with Crippen molar-refractivity contribution < 1.29 is 23.5 Å². The lowest BCUT2D eigenvalue weighted by Gasteiger charge is -2.15. The maximum absolute atomic E-state index is 12.6. The Balaban J connectivity index is 1.76. The first-order valence-corrected chi connectivity index (χ1v) is 8.97. The molecule has 0 bridgehead atoms. The van der Waals surface area contributed by atoms with Gasteiger partial charge in [-0.1, -0.05) is 18.2 Å². The first kappa shape index (κ1) is 19.5. The zero-order valence-electron chi connectivity index (χ0n) is 16.6. The summed E-state index contributed by atoms with van der Waals surface area (Å²) in [5, 5.41) is 3.59. The molecule has 1 amide bonds. The van der Waals surface area contributed by atoms with Gasteiger partial charge in [0.25, 0.3) is 5.91 Å². The number of benzene rings is 2. The summed E-state index contributed by atoms with van der Waals surface area (Å²) in [4.78, 5) is 25.1. The van der Waals surface area contributed by atoms with Crippen LogP contribution in [0.5, 0.6) is 5.75 Å². The van der Waals surface area contributed by atoms with Gasteiger partial charge in [0.15, 0.2) is 6.10 Å². The molecule has 0 aliphatic carbocycles. The third-order valence-corrected chi connectivity index (χ3v) is 4.71. The van der Waals surface area contributed by atoms with Gasteiger partial charge in [0.05, 0.1) is 7.11 Å². The summed E-state index contributed by atoms with van der Waals surface area (Å²) in [6.07, 6.45) is -0.978. The smallest absolute Gasteiger partial charge is 0.375 e. The predicted molar refractivity (Wildman–Crippen MR) is 107 cm³/mol. The highest BCUT2D eigenvalue weighted by Crippen LogP contribution is 2.29. The number of esters is 1. The van der Waals surface area contributed by atoms with Crippen LogP contribution in [0.15, 0.2) is 40.8 Å². The Morgan fingerprint density at radius 1 is 1.07 bits per heavy atom. The van der Waals surface area contributed by atoms with Crippen LogP contribution in [0.1, 0.15) is 34.2 Å². The lowest BCUT2D eigenvalue weighted by atomic mass is 10.1. The molecule has 3 rings (SSSR count). The Morgan fingerprint density at radius 3 is 2.39 bits per heavy atom. The molecule has 6 heteroatoms. The van der Waals surface area contributed by atoms with Crippen molar-refractivity contribution in [1.29, 1.82) is 0 Å². The topological polar surface area (TPSA) is 77.8 Å². The Bertz CT molecular complexity index is 1030. The number of nitrogens with one attached hydrogen (secondary N) is 1. The van der Waals surface area contributed by atoms with Crippen molar-refractivity contribution >= 4 is 28.5 Å². The Kier molecular flexibility index (Phi) is 5.40. The molecule has 0 spiro atoms. The van der Waals surface area contributed by atoms with Gasteiger partial charge in [0.1, 0.15) is 11.3 Å². The van der Waals surface area contributed by atoms with Gasteiger partial charge >= 0.3 is 5.97 Å². The number of rotatable bonds is 5. The Hall–Kier alpha value is -3.28. The monoisotopic (exact) mass is 381 g/mol. The molecule has 0 unspecified atom stereocenters. The average Bonchev–Trinajstić information content (AvgIpc) is 3.00. The van der Waals surface area contributed by atoms with E-state index in [1.165, 1.54) is 6.92 Å². The van der Waals surface area contributed by atoms with Crippen LogP contribution in [0.3, 0.4) is 0 Å². The Labute approximate surface area is 163 Å². The summed E-state index contributed by atoms with van der Waals surface area (Å²) in [5.74, 6) is -0.342. The summed E-state index contributed by atoms with van der Waals surface area (Å²) in [6.45, 7) is 7.11. The summed E-state index contributed by atoms with van der Waals surface area (Å²) >= 11 is 0. The fourth-order valence-electron chi connectivity index (χ4n) is 3.03. The van der Waals surface area contributed by atoms with Crippen molar-refractivity contribution in [3.05, 3.63) is 58.8 Å². The number of methoxy groups -OCH3 is 1. The molecule has 146 valence electrons. The van der Waals surface area contributed by atoms with E-state index in [-0.39, 0.29) is 5.76 Å². The number of carbonyl (C=O) groups is 2. The number of hydrogen-bond donors (Lipinski definition) is 1. The van der Waals surface area contributed by atoms with E-state index in [2.05, 4.69) is 5.32 Å². The van der Waals surface area contributed by atoms with Crippen molar-refractivity contribution in [2.75, 3.05) is 12.4 Å². The molecule has 1 atom stereocenters. The molecule has 0 aliphatic heterocycles. The minimum Gasteiger partial charge on any atom is -0.497 e. The number of amides is 1. The maximum atomic E-state index is 12.6. The number of aryl methyl sites for hydroxylation is 3. The number of furan rings is 1. The van der Waals surface area contributed by atoms with Gasteiger partial charge in [-0.05, 0) is 57.0 Å². The van der Waals surface area contributed by atoms with Crippen LogP contribution >= 0.6 is 0 Å². The molecule has 3 aromatic rings. The normalized spacial score (nSPS) is 11.9. The highest BCUT2D eigenvalue weighted by atomic mass is 16.6. The largest absolute Gasteiger partial charge is 0.497 e. The molecule has 0 aliphatic rings. The SMILES string of the molecule is COc1ccc2oc(C(=O)O[C@@H](C)C(=O)Nc3c(C)cccc3C)c(C)c2c1. The molecule has 0 saturated carbocycles. The number of para-hydroxylation sites is 1. The number of carbonyl (C=O) groups excluding carboxylic acids is 2. The Morgan fingerprint density at radius 2 is 1.75 bits per heavy atom. The summed E-state index contributed by atoms with van der Waals surface area (Å²) in [5.41, 5.74) is 3.80. The molecule has 28 heavy (non-hydrogen) atoms. The van der Waals surface area contributed by atoms with Crippen molar-refractivity contribution in [3.63, 3.8) is 0 Å². The number of anilines is 1. The fourth-order valence-corrected chi connectivity index (χ4v) is 3.03. The van der Waals surface area contributed by atoms with Gasteiger partial charge < -0.3 is 19.2 Å². The molecule has 2 aromatic carbocycles.